The summed E-state index contributed by atoms with van der Waals surface area (Å²) in [5, 5.41) is 1.67. The average Bonchev–Trinajstić information content (AvgIpc) is 2.29. The van der Waals surface area contributed by atoms with Crippen molar-refractivity contribution in [1.82, 2.24) is 5.32 Å². The quantitative estimate of drug-likeness (QED) is 0.659. The number of rotatable bonds is 4. The molecule has 0 bridgehead atoms. The molecule has 18 heavy (non-hydrogen) atoms. The van der Waals surface area contributed by atoms with Gasteiger partial charge >= 0.3 is 12.3 Å². The SMILES string of the molecule is Nc1ccc(Cl)c(C(=O)NCC(F)(F)C(F)F)c1. The van der Waals surface area contributed by atoms with E-state index < -0.39 is 24.8 Å². The van der Waals surface area contributed by atoms with Gasteiger partial charge in [0.15, 0.2) is 0 Å². The summed E-state index contributed by atoms with van der Waals surface area (Å²) in [6.45, 7) is -1.48. The van der Waals surface area contributed by atoms with Gasteiger partial charge in [0.25, 0.3) is 5.91 Å². The molecule has 0 spiro atoms. The Morgan fingerprint density at radius 3 is 2.61 bits per heavy atom. The topological polar surface area (TPSA) is 55.1 Å². The van der Waals surface area contributed by atoms with Crippen molar-refractivity contribution in [1.29, 1.82) is 0 Å². The van der Waals surface area contributed by atoms with E-state index in [1.54, 1.807) is 5.32 Å². The third kappa shape index (κ3) is 3.49. The zero-order chi connectivity index (χ0) is 13.9. The molecule has 100 valence electrons. The molecule has 0 aromatic heterocycles. The summed E-state index contributed by atoms with van der Waals surface area (Å²) in [4.78, 5) is 11.5. The van der Waals surface area contributed by atoms with Gasteiger partial charge < -0.3 is 11.1 Å². The Morgan fingerprint density at radius 1 is 1.44 bits per heavy atom. The number of alkyl halides is 4. The summed E-state index contributed by atoms with van der Waals surface area (Å²) in [6, 6.07) is 3.88. The summed E-state index contributed by atoms with van der Waals surface area (Å²) in [7, 11) is 0. The first kappa shape index (κ1) is 14.6. The molecule has 1 rings (SSSR count). The molecule has 0 atom stereocenters. The largest absolute Gasteiger partial charge is 0.399 e. The summed E-state index contributed by atoms with van der Waals surface area (Å²) in [5.74, 6) is -5.28. The molecule has 3 N–H and O–H groups in total. The molecule has 1 aromatic carbocycles. The van der Waals surface area contributed by atoms with Crippen LogP contribution < -0.4 is 11.1 Å². The lowest BCUT2D eigenvalue weighted by Gasteiger charge is -2.16. The van der Waals surface area contributed by atoms with Crippen LogP contribution in [0.4, 0.5) is 23.2 Å². The summed E-state index contributed by atoms with van der Waals surface area (Å²) in [5.41, 5.74) is 5.44. The summed E-state index contributed by atoms with van der Waals surface area (Å²) < 4.78 is 48.9. The van der Waals surface area contributed by atoms with Gasteiger partial charge in [0.05, 0.1) is 17.1 Å². The molecule has 0 aliphatic rings. The maximum absolute atomic E-state index is 12.6. The van der Waals surface area contributed by atoms with Crippen molar-refractivity contribution in [3.63, 3.8) is 0 Å². The van der Waals surface area contributed by atoms with Crippen LogP contribution in [0.2, 0.25) is 5.02 Å². The highest BCUT2D eigenvalue weighted by molar-refractivity contribution is 6.34. The van der Waals surface area contributed by atoms with Crippen molar-refractivity contribution in [2.45, 2.75) is 12.3 Å². The van der Waals surface area contributed by atoms with Gasteiger partial charge in [-0.3, -0.25) is 4.79 Å². The average molecular weight is 285 g/mol. The Hall–Kier alpha value is -1.50. The Bertz CT molecular complexity index is 454. The molecule has 0 unspecified atom stereocenters. The van der Waals surface area contributed by atoms with Crippen molar-refractivity contribution in [2.24, 2.45) is 0 Å². The molecule has 0 aliphatic carbocycles. The van der Waals surface area contributed by atoms with E-state index in [-0.39, 0.29) is 16.3 Å². The molecule has 0 radical (unpaired) electrons. The molecular formula is C10H9ClF4N2O. The number of nitrogens with two attached hydrogens (primary N) is 1. The molecule has 0 saturated heterocycles. The van der Waals surface area contributed by atoms with E-state index in [2.05, 4.69) is 0 Å². The van der Waals surface area contributed by atoms with E-state index in [9.17, 15) is 22.4 Å². The summed E-state index contributed by atoms with van der Waals surface area (Å²) in [6.07, 6.45) is -3.85. The summed E-state index contributed by atoms with van der Waals surface area (Å²) >= 11 is 5.65. The van der Waals surface area contributed by atoms with Crippen LogP contribution >= 0.6 is 11.6 Å². The number of carbonyl (C=O) groups excluding carboxylic acids is 1. The fourth-order valence-electron chi connectivity index (χ4n) is 1.09. The van der Waals surface area contributed by atoms with Gasteiger partial charge in [-0.1, -0.05) is 11.6 Å². The highest BCUT2D eigenvalue weighted by Gasteiger charge is 2.40. The Kier molecular flexibility index (Phi) is 4.39. The molecule has 1 aromatic rings. The van der Waals surface area contributed by atoms with Crippen LogP contribution in [0.1, 0.15) is 10.4 Å². The van der Waals surface area contributed by atoms with E-state index in [1.165, 1.54) is 12.1 Å². The molecule has 0 heterocycles. The third-order valence-electron chi connectivity index (χ3n) is 2.04. The number of nitrogen functional groups attached to an aromatic ring is 1. The van der Waals surface area contributed by atoms with Gasteiger partial charge in [-0.25, -0.2) is 8.78 Å². The number of anilines is 1. The second-order valence-corrected chi connectivity index (χ2v) is 3.89. The van der Waals surface area contributed by atoms with E-state index in [0.717, 1.165) is 6.07 Å². The number of hydrogen-bond acceptors (Lipinski definition) is 2. The normalized spacial score (nSPS) is 11.7. The number of amides is 1. The highest BCUT2D eigenvalue weighted by Crippen LogP contribution is 2.22. The third-order valence-corrected chi connectivity index (χ3v) is 2.37. The minimum absolute atomic E-state index is 0.0120. The number of halogens is 5. The van der Waals surface area contributed by atoms with Gasteiger partial charge in [-0.05, 0) is 18.2 Å². The smallest absolute Gasteiger partial charge is 0.324 e. The van der Waals surface area contributed by atoms with Crippen LogP contribution in [-0.4, -0.2) is 24.8 Å². The Morgan fingerprint density at radius 2 is 2.06 bits per heavy atom. The molecule has 3 nitrogen and oxygen atoms in total. The van der Waals surface area contributed by atoms with E-state index >= 15 is 0 Å². The maximum atomic E-state index is 12.6. The van der Waals surface area contributed by atoms with Crippen LogP contribution in [0, 0.1) is 0 Å². The van der Waals surface area contributed by atoms with Crippen LogP contribution in [0.5, 0.6) is 0 Å². The predicted molar refractivity (Wildman–Crippen MR) is 59.1 cm³/mol. The van der Waals surface area contributed by atoms with Crippen LogP contribution in [0.15, 0.2) is 18.2 Å². The lowest BCUT2D eigenvalue weighted by molar-refractivity contribution is -0.123. The van der Waals surface area contributed by atoms with Crippen molar-refractivity contribution < 1.29 is 22.4 Å². The fourth-order valence-corrected chi connectivity index (χ4v) is 1.29. The highest BCUT2D eigenvalue weighted by atomic mass is 35.5. The molecule has 0 aliphatic heterocycles. The molecule has 0 fully saturated rings. The lowest BCUT2D eigenvalue weighted by Crippen LogP contribution is -2.41. The number of nitrogens with one attached hydrogen (secondary N) is 1. The van der Waals surface area contributed by atoms with Gasteiger partial charge in [-0.15, -0.1) is 0 Å². The lowest BCUT2D eigenvalue weighted by atomic mass is 10.2. The minimum atomic E-state index is -4.29. The van der Waals surface area contributed by atoms with E-state index in [1.807, 2.05) is 0 Å². The first-order valence-electron chi connectivity index (χ1n) is 4.73. The van der Waals surface area contributed by atoms with E-state index in [4.69, 9.17) is 17.3 Å². The van der Waals surface area contributed by atoms with Gasteiger partial charge in [0, 0.05) is 5.69 Å². The number of benzene rings is 1. The van der Waals surface area contributed by atoms with Crippen molar-refractivity contribution in [3.05, 3.63) is 28.8 Å². The Balaban J connectivity index is 2.75. The predicted octanol–water partition coefficient (Wildman–Crippen LogP) is 2.55. The monoisotopic (exact) mass is 284 g/mol. The van der Waals surface area contributed by atoms with Crippen LogP contribution in [-0.2, 0) is 0 Å². The number of hydrogen-bond donors (Lipinski definition) is 2. The first-order chi connectivity index (χ1) is 8.24. The first-order valence-corrected chi connectivity index (χ1v) is 5.11. The van der Waals surface area contributed by atoms with Gasteiger partial charge in [0.1, 0.15) is 0 Å². The number of carbonyl (C=O) groups is 1. The van der Waals surface area contributed by atoms with Crippen LogP contribution in [0.3, 0.4) is 0 Å². The molecule has 1 amide bonds. The fraction of sp³-hybridized carbons (Fsp3) is 0.300. The second kappa shape index (κ2) is 5.43. The van der Waals surface area contributed by atoms with E-state index in [0.29, 0.717) is 0 Å². The Labute approximate surface area is 105 Å². The zero-order valence-electron chi connectivity index (χ0n) is 8.89. The zero-order valence-corrected chi connectivity index (χ0v) is 9.65. The van der Waals surface area contributed by atoms with Gasteiger partial charge in [0.2, 0.25) is 0 Å². The van der Waals surface area contributed by atoms with Crippen LogP contribution in [0.25, 0.3) is 0 Å². The molecular weight excluding hydrogens is 276 g/mol. The maximum Gasteiger partial charge on any atom is 0.324 e. The molecule has 8 heteroatoms. The van der Waals surface area contributed by atoms with Crippen molar-refractivity contribution in [2.75, 3.05) is 12.3 Å². The standard InChI is InChI=1S/C10H9ClF4N2O/c11-7-2-1-5(16)3-6(7)8(18)17-4-10(14,15)9(12)13/h1-3,9H,4,16H2,(H,17,18). The molecule has 0 saturated carbocycles. The van der Waals surface area contributed by atoms with Crippen molar-refractivity contribution in [3.8, 4) is 0 Å². The van der Waals surface area contributed by atoms with Crippen molar-refractivity contribution >= 4 is 23.2 Å². The van der Waals surface area contributed by atoms with Gasteiger partial charge in [-0.2, -0.15) is 8.78 Å². The second-order valence-electron chi connectivity index (χ2n) is 3.48. The minimum Gasteiger partial charge on any atom is -0.399 e.